The fraction of sp³-hybridized carbons (Fsp3) is 0.542. The number of likely N-dealkylation sites (N-methyl/N-ethyl adjacent to an activating group) is 1. The highest BCUT2D eigenvalue weighted by atomic mass is 16.5. The molecule has 1 saturated heterocycles. The lowest BCUT2D eigenvalue weighted by Gasteiger charge is -2.33. The summed E-state index contributed by atoms with van der Waals surface area (Å²) in [4.78, 5) is 25.3. The molecular formula is C24H30N6O2. The Hall–Kier alpha value is -2.71. The van der Waals surface area contributed by atoms with Crippen molar-refractivity contribution >= 4 is 22.6 Å². The van der Waals surface area contributed by atoms with Crippen molar-refractivity contribution in [3.05, 3.63) is 29.5 Å². The molecule has 3 aromatic rings. The molecule has 3 heterocycles. The molecule has 2 aromatic heterocycles. The van der Waals surface area contributed by atoms with Gasteiger partial charge in [0.05, 0.1) is 30.3 Å². The number of H-pyrrole nitrogens is 2. The number of carbonyl (C=O) groups is 1. The summed E-state index contributed by atoms with van der Waals surface area (Å²) in [6.07, 6.45) is 3.47. The van der Waals surface area contributed by atoms with E-state index in [1.807, 2.05) is 32.2 Å². The first-order valence-electron chi connectivity index (χ1n) is 11.6. The maximum Gasteiger partial charge on any atom is 0.243 e. The third-order valence-corrected chi connectivity index (χ3v) is 7.88. The van der Waals surface area contributed by atoms with Crippen LogP contribution >= 0.6 is 0 Å². The highest BCUT2D eigenvalue weighted by Gasteiger charge is 2.53. The minimum absolute atomic E-state index is 0.0795. The molecule has 8 heteroatoms. The van der Waals surface area contributed by atoms with Crippen LogP contribution in [0.3, 0.4) is 0 Å². The Morgan fingerprint density at radius 1 is 1.34 bits per heavy atom. The molecule has 3 atom stereocenters. The van der Waals surface area contributed by atoms with Gasteiger partial charge in [0.15, 0.2) is 5.82 Å². The standard InChI is InChI=1S/C24H30N6O2/c1-14(30-6-8-32-9-7-30)23(31)29(3)16-4-5-18-19(11-16)26-22(25-18)21-17-10-15-12-24(15,2)13-20(17)27-28-21/h4-5,11,14-15H,6-10,12-13H2,1-3H3,(H,25,26)(H,27,28)/t14?,15-,24-/m1/s1. The molecule has 6 rings (SSSR count). The van der Waals surface area contributed by atoms with Gasteiger partial charge < -0.3 is 14.6 Å². The number of aromatic nitrogens is 4. The summed E-state index contributed by atoms with van der Waals surface area (Å²) in [5.41, 5.74) is 6.63. The predicted molar refractivity (Wildman–Crippen MR) is 123 cm³/mol. The molecule has 168 valence electrons. The van der Waals surface area contributed by atoms with E-state index in [0.29, 0.717) is 18.6 Å². The van der Waals surface area contributed by atoms with Crippen LogP contribution in [0.5, 0.6) is 0 Å². The number of nitrogens with one attached hydrogen (secondary N) is 2. The molecule has 0 bridgehead atoms. The number of ether oxygens (including phenoxy) is 1. The van der Waals surface area contributed by atoms with Crippen molar-refractivity contribution < 1.29 is 9.53 Å². The molecule has 1 aromatic carbocycles. The van der Waals surface area contributed by atoms with E-state index in [4.69, 9.17) is 9.72 Å². The third-order valence-electron chi connectivity index (χ3n) is 7.88. The van der Waals surface area contributed by atoms with Crippen molar-refractivity contribution in [3.63, 3.8) is 0 Å². The van der Waals surface area contributed by atoms with Crippen LogP contribution in [0.15, 0.2) is 18.2 Å². The van der Waals surface area contributed by atoms with Gasteiger partial charge in [0.25, 0.3) is 0 Å². The van der Waals surface area contributed by atoms with Gasteiger partial charge in [-0.1, -0.05) is 6.92 Å². The maximum atomic E-state index is 13.1. The average Bonchev–Trinajstić information content (AvgIpc) is 3.11. The smallest absolute Gasteiger partial charge is 0.243 e. The fourth-order valence-corrected chi connectivity index (χ4v) is 5.50. The number of anilines is 1. The Bertz CT molecular complexity index is 1190. The molecule has 0 radical (unpaired) electrons. The molecule has 2 N–H and O–H groups in total. The monoisotopic (exact) mass is 434 g/mol. The highest BCUT2D eigenvalue weighted by Crippen LogP contribution is 2.59. The third kappa shape index (κ3) is 3.16. The zero-order valence-electron chi connectivity index (χ0n) is 18.9. The van der Waals surface area contributed by atoms with Crippen LogP contribution < -0.4 is 4.90 Å². The summed E-state index contributed by atoms with van der Waals surface area (Å²) in [6, 6.07) is 5.78. The van der Waals surface area contributed by atoms with E-state index < -0.39 is 0 Å². The van der Waals surface area contributed by atoms with Crippen LogP contribution in [0, 0.1) is 11.3 Å². The van der Waals surface area contributed by atoms with Gasteiger partial charge in [-0.2, -0.15) is 5.10 Å². The molecule has 1 aliphatic heterocycles. The van der Waals surface area contributed by atoms with Gasteiger partial charge in [-0.3, -0.25) is 14.8 Å². The van der Waals surface area contributed by atoms with Crippen molar-refractivity contribution in [2.45, 2.75) is 39.2 Å². The van der Waals surface area contributed by atoms with Crippen molar-refractivity contribution in [1.29, 1.82) is 0 Å². The first-order valence-corrected chi connectivity index (χ1v) is 11.6. The molecular weight excluding hydrogens is 404 g/mol. The fourth-order valence-electron chi connectivity index (χ4n) is 5.50. The molecule has 3 aliphatic rings. The van der Waals surface area contributed by atoms with Gasteiger partial charge in [-0.25, -0.2) is 4.98 Å². The molecule has 2 aliphatic carbocycles. The first-order chi connectivity index (χ1) is 15.4. The van der Waals surface area contributed by atoms with Crippen LogP contribution in [0.1, 0.15) is 31.5 Å². The number of hydrogen-bond donors (Lipinski definition) is 2. The number of fused-ring (bicyclic) bond motifs is 3. The zero-order chi connectivity index (χ0) is 22.0. The molecule has 32 heavy (non-hydrogen) atoms. The number of amides is 1. The quantitative estimate of drug-likeness (QED) is 0.659. The zero-order valence-corrected chi connectivity index (χ0v) is 18.9. The lowest BCUT2D eigenvalue weighted by molar-refractivity contribution is -0.124. The van der Waals surface area contributed by atoms with Crippen molar-refractivity contribution in [1.82, 2.24) is 25.1 Å². The van der Waals surface area contributed by atoms with Crippen molar-refractivity contribution in [3.8, 4) is 11.5 Å². The van der Waals surface area contributed by atoms with Crippen molar-refractivity contribution in [2.24, 2.45) is 11.3 Å². The van der Waals surface area contributed by atoms with Gasteiger partial charge in [0, 0.05) is 37.1 Å². The average molecular weight is 435 g/mol. The van der Waals surface area contributed by atoms with Crippen LogP contribution in [0.25, 0.3) is 22.6 Å². The van der Waals surface area contributed by atoms with Gasteiger partial charge in [-0.15, -0.1) is 0 Å². The number of aromatic amines is 2. The van der Waals surface area contributed by atoms with E-state index in [0.717, 1.165) is 60.1 Å². The Balaban J connectivity index is 1.25. The van der Waals surface area contributed by atoms with Crippen LogP contribution in [0.2, 0.25) is 0 Å². The van der Waals surface area contributed by atoms with E-state index in [1.54, 1.807) is 4.90 Å². The topological polar surface area (TPSA) is 90.1 Å². The molecule has 1 amide bonds. The van der Waals surface area contributed by atoms with E-state index in [-0.39, 0.29) is 11.9 Å². The van der Waals surface area contributed by atoms with Crippen LogP contribution in [0.4, 0.5) is 5.69 Å². The summed E-state index contributed by atoms with van der Waals surface area (Å²) in [5.74, 6) is 1.65. The Kier molecular flexibility index (Phi) is 4.45. The Morgan fingerprint density at radius 2 is 2.16 bits per heavy atom. The molecule has 0 spiro atoms. The number of carbonyl (C=O) groups excluding carboxylic acids is 1. The predicted octanol–water partition coefficient (Wildman–Crippen LogP) is 2.76. The van der Waals surface area contributed by atoms with E-state index in [9.17, 15) is 4.79 Å². The summed E-state index contributed by atoms with van der Waals surface area (Å²) in [6.45, 7) is 7.29. The van der Waals surface area contributed by atoms with E-state index in [2.05, 4.69) is 27.0 Å². The minimum atomic E-state index is -0.182. The van der Waals surface area contributed by atoms with Crippen LogP contribution in [-0.2, 0) is 22.4 Å². The second-order valence-corrected chi connectivity index (χ2v) is 9.97. The number of imidazole rings is 1. The normalized spacial score (nSPS) is 25.9. The lowest BCUT2D eigenvalue weighted by Crippen LogP contribution is -2.50. The number of benzene rings is 1. The molecule has 1 saturated carbocycles. The van der Waals surface area contributed by atoms with Gasteiger partial charge in [0.1, 0.15) is 5.69 Å². The number of morpholine rings is 1. The summed E-state index contributed by atoms with van der Waals surface area (Å²) in [5, 5.41) is 7.87. The summed E-state index contributed by atoms with van der Waals surface area (Å²) >= 11 is 0. The Labute approximate surface area is 187 Å². The lowest BCUT2D eigenvalue weighted by atomic mass is 9.88. The number of hydrogen-bond acceptors (Lipinski definition) is 5. The molecule has 8 nitrogen and oxygen atoms in total. The van der Waals surface area contributed by atoms with Gasteiger partial charge in [0.2, 0.25) is 5.91 Å². The largest absolute Gasteiger partial charge is 0.379 e. The first kappa shape index (κ1) is 19.9. The second-order valence-electron chi connectivity index (χ2n) is 9.97. The second kappa shape index (κ2) is 7.15. The van der Waals surface area contributed by atoms with E-state index >= 15 is 0 Å². The summed E-state index contributed by atoms with van der Waals surface area (Å²) in [7, 11) is 1.84. The van der Waals surface area contributed by atoms with E-state index in [1.165, 1.54) is 17.7 Å². The maximum absolute atomic E-state index is 13.1. The van der Waals surface area contributed by atoms with Crippen LogP contribution in [-0.4, -0.2) is 70.4 Å². The number of rotatable bonds is 4. The highest BCUT2D eigenvalue weighted by molar-refractivity contribution is 5.98. The van der Waals surface area contributed by atoms with Crippen molar-refractivity contribution in [2.75, 3.05) is 38.3 Å². The Morgan fingerprint density at radius 3 is 2.97 bits per heavy atom. The minimum Gasteiger partial charge on any atom is -0.379 e. The number of nitrogens with zero attached hydrogens (tertiary/aromatic N) is 4. The molecule has 2 fully saturated rings. The summed E-state index contributed by atoms with van der Waals surface area (Å²) < 4.78 is 5.42. The SMILES string of the molecule is CC(C(=O)N(C)c1ccc2[nH]c(-c3n[nH]c4c3C[C@@H]3C[C@]3(C)C4)nc2c1)N1CCOCC1. The van der Waals surface area contributed by atoms with Gasteiger partial charge in [-0.05, 0) is 55.7 Å². The molecule has 1 unspecified atom stereocenters. The van der Waals surface area contributed by atoms with Gasteiger partial charge >= 0.3 is 0 Å².